The fourth-order valence-corrected chi connectivity index (χ4v) is 5.93. The lowest BCUT2D eigenvalue weighted by molar-refractivity contribution is -0.137. The Morgan fingerprint density at radius 1 is 1.08 bits per heavy atom. The number of carbonyl (C=O) groups is 3. The van der Waals surface area contributed by atoms with Gasteiger partial charge in [0.25, 0.3) is 0 Å². The van der Waals surface area contributed by atoms with E-state index in [9.17, 15) is 24.6 Å². The van der Waals surface area contributed by atoms with E-state index in [4.69, 9.17) is 4.74 Å². The SMILES string of the molecule is COC(=O)N1C(=O)[C@@H]2[C@@H](CC(CO)=C3[C@@H](CC/C(=C/c4ccccc4O)c4ccccc4)OC[C@@H]32)C1=O. The molecule has 0 saturated carbocycles. The first-order valence-corrected chi connectivity index (χ1v) is 12.4. The van der Waals surface area contributed by atoms with E-state index >= 15 is 0 Å². The smallest absolute Gasteiger partial charge is 0.423 e. The lowest BCUT2D eigenvalue weighted by Crippen LogP contribution is -2.38. The number of phenolic OH excluding ortho intramolecular Hbond substituents is 1. The number of fused-ring (bicyclic) bond motifs is 3. The Bertz CT molecular complexity index is 1280. The number of para-hydroxylation sites is 1. The van der Waals surface area contributed by atoms with Gasteiger partial charge in [0.15, 0.2) is 0 Å². The van der Waals surface area contributed by atoms with Gasteiger partial charge in [-0.2, -0.15) is 4.90 Å². The van der Waals surface area contributed by atoms with Crippen LogP contribution in [0, 0.1) is 17.8 Å². The van der Waals surface area contributed by atoms with Crippen molar-refractivity contribution in [2.45, 2.75) is 25.4 Å². The normalized spacial score (nSPS) is 25.4. The number of likely N-dealkylation sites (tertiary alicyclic amines) is 1. The molecule has 2 N–H and O–H groups in total. The van der Waals surface area contributed by atoms with Crippen LogP contribution < -0.4 is 0 Å². The zero-order valence-electron chi connectivity index (χ0n) is 20.5. The fraction of sp³-hybridized carbons (Fsp3) is 0.345. The lowest BCUT2D eigenvalue weighted by atomic mass is 9.69. The number of nitrogens with zero attached hydrogens (tertiary/aromatic N) is 1. The highest BCUT2D eigenvalue weighted by molar-refractivity contribution is 6.16. The highest BCUT2D eigenvalue weighted by atomic mass is 16.5. The van der Waals surface area contributed by atoms with Gasteiger partial charge >= 0.3 is 6.09 Å². The number of amides is 3. The maximum Gasteiger partial charge on any atom is 0.423 e. The molecule has 2 heterocycles. The molecule has 3 aliphatic rings. The maximum absolute atomic E-state index is 13.1. The van der Waals surface area contributed by atoms with Crippen LogP contribution in [0.1, 0.15) is 30.4 Å². The fourth-order valence-electron chi connectivity index (χ4n) is 5.93. The monoisotopic (exact) mass is 503 g/mol. The first-order valence-electron chi connectivity index (χ1n) is 12.4. The molecule has 0 bridgehead atoms. The van der Waals surface area contributed by atoms with E-state index in [2.05, 4.69) is 4.74 Å². The number of methoxy groups -OCH3 is 1. The molecule has 0 unspecified atom stereocenters. The van der Waals surface area contributed by atoms with Gasteiger partial charge in [0, 0.05) is 11.5 Å². The number of aliphatic hydroxyl groups excluding tert-OH is 1. The Balaban J connectivity index is 1.42. The van der Waals surface area contributed by atoms with Gasteiger partial charge in [-0.15, -0.1) is 0 Å². The second kappa shape index (κ2) is 10.3. The van der Waals surface area contributed by atoms with Crippen LogP contribution in [0.25, 0.3) is 11.6 Å². The third-order valence-electron chi connectivity index (χ3n) is 7.64. The highest BCUT2D eigenvalue weighted by Crippen LogP contribution is 2.50. The standard InChI is InChI=1S/C29H29NO7/c1-36-29(35)30-27(33)21-14-20(15-31)25-22(26(21)28(30)34)16-37-24(25)12-11-18(17-7-3-2-4-8-17)13-19-9-5-6-10-23(19)32/h2-10,13,21-22,24,26,31-32H,11-12,14-16H2,1H3/b18-13-/t21-,22+,24-,26-/m1/s1. The Morgan fingerprint density at radius 3 is 2.51 bits per heavy atom. The summed E-state index contributed by atoms with van der Waals surface area (Å²) in [6, 6.07) is 17.0. The molecule has 0 aromatic heterocycles. The summed E-state index contributed by atoms with van der Waals surface area (Å²) in [5.41, 5.74) is 4.31. The van der Waals surface area contributed by atoms with Crippen molar-refractivity contribution in [1.82, 2.24) is 4.90 Å². The maximum atomic E-state index is 13.1. The van der Waals surface area contributed by atoms with Gasteiger partial charge in [0.2, 0.25) is 11.8 Å². The molecule has 2 aliphatic heterocycles. The summed E-state index contributed by atoms with van der Waals surface area (Å²) in [4.78, 5) is 38.7. The van der Waals surface area contributed by atoms with Gasteiger partial charge in [-0.25, -0.2) is 4.79 Å². The van der Waals surface area contributed by atoms with Crippen LogP contribution in [-0.2, 0) is 19.1 Å². The number of aromatic hydroxyl groups is 1. The largest absolute Gasteiger partial charge is 0.507 e. The Kier molecular flexibility index (Phi) is 6.95. The average Bonchev–Trinajstić information content (AvgIpc) is 3.45. The summed E-state index contributed by atoms with van der Waals surface area (Å²) in [5, 5.41) is 20.5. The van der Waals surface area contributed by atoms with Crippen molar-refractivity contribution in [3.8, 4) is 5.75 Å². The summed E-state index contributed by atoms with van der Waals surface area (Å²) in [6.07, 6.45) is 2.07. The minimum absolute atomic E-state index is 0.191. The predicted octanol–water partition coefficient (Wildman–Crippen LogP) is 3.79. The predicted molar refractivity (Wildman–Crippen MR) is 135 cm³/mol. The molecule has 8 heteroatoms. The number of hydrogen-bond donors (Lipinski definition) is 2. The second-order valence-electron chi connectivity index (χ2n) is 9.60. The molecule has 2 aromatic rings. The number of allylic oxidation sites excluding steroid dienone is 1. The van der Waals surface area contributed by atoms with Crippen LogP contribution >= 0.6 is 0 Å². The van der Waals surface area contributed by atoms with Gasteiger partial charge < -0.3 is 19.7 Å². The number of rotatable bonds is 6. The minimum atomic E-state index is -0.978. The number of aliphatic hydroxyl groups is 1. The van der Waals surface area contributed by atoms with E-state index in [0.29, 0.717) is 28.9 Å². The summed E-state index contributed by atoms with van der Waals surface area (Å²) in [7, 11) is 1.13. The average molecular weight is 504 g/mol. The summed E-state index contributed by atoms with van der Waals surface area (Å²) < 4.78 is 10.8. The topological polar surface area (TPSA) is 113 Å². The number of hydrogen-bond acceptors (Lipinski definition) is 7. The molecule has 2 fully saturated rings. The zero-order chi connectivity index (χ0) is 26.1. The van der Waals surface area contributed by atoms with E-state index < -0.39 is 29.7 Å². The Morgan fingerprint density at radius 2 is 1.81 bits per heavy atom. The second-order valence-corrected chi connectivity index (χ2v) is 9.60. The number of imide groups is 3. The van der Waals surface area contributed by atoms with Crippen molar-refractivity contribution < 1.29 is 34.1 Å². The van der Waals surface area contributed by atoms with Crippen molar-refractivity contribution in [1.29, 1.82) is 0 Å². The van der Waals surface area contributed by atoms with Crippen LogP contribution in [0.5, 0.6) is 5.75 Å². The molecule has 0 radical (unpaired) electrons. The van der Waals surface area contributed by atoms with Gasteiger partial charge in [-0.1, -0.05) is 48.5 Å². The number of phenols is 1. The van der Waals surface area contributed by atoms with E-state index in [1.807, 2.05) is 48.5 Å². The van der Waals surface area contributed by atoms with Crippen molar-refractivity contribution in [2.75, 3.05) is 20.3 Å². The van der Waals surface area contributed by atoms with Crippen LogP contribution in [0.3, 0.4) is 0 Å². The van der Waals surface area contributed by atoms with Crippen molar-refractivity contribution in [3.63, 3.8) is 0 Å². The number of benzene rings is 2. The van der Waals surface area contributed by atoms with Gasteiger partial charge in [0.1, 0.15) is 5.75 Å². The zero-order valence-corrected chi connectivity index (χ0v) is 20.5. The lowest BCUT2D eigenvalue weighted by Gasteiger charge is -2.31. The van der Waals surface area contributed by atoms with E-state index in [1.54, 1.807) is 12.1 Å². The summed E-state index contributed by atoms with van der Waals surface area (Å²) in [6.45, 7) is -0.00354. The molecule has 8 nitrogen and oxygen atoms in total. The van der Waals surface area contributed by atoms with Crippen LogP contribution in [0.4, 0.5) is 4.79 Å². The quantitative estimate of drug-likeness (QED) is 0.350. The highest BCUT2D eigenvalue weighted by Gasteiger charge is 2.58. The molecular formula is C29H29NO7. The van der Waals surface area contributed by atoms with Crippen LogP contribution in [0.15, 0.2) is 65.7 Å². The molecule has 2 aromatic carbocycles. The van der Waals surface area contributed by atoms with Crippen molar-refractivity contribution >= 4 is 29.6 Å². The van der Waals surface area contributed by atoms with Gasteiger partial charge in [-0.05, 0) is 53.7 Å². The van der Waals surface area contributed by atoms with Gasteiger partial charge in [-0.3, -0.25) is 9.59 Å². The van der Waals surface area contributed by atoms with Crippen LogP contribution in [-0.4, -0.2) is 59.4 Å². The van der Waals surface area contributed by atoms with Crippen LogP contribution in [0.2, 0.25) is 0 Å². The van der Waals surface area contributed by atoms with Crippen molar-refractivity contribution in [2.24, 2.45) is 17.8 Å². The molecule has 3 amide bonds. The first-order chi connectivity index (χ1) is 17.9. The number of ether oxygens (including phenoxy) is 2. The molecule has 5 rings (SSSR count). The molecule has 0 spiro atoms. The third-order valence-corrected chi connectivity index (χ3v) is 7.64. The van der Waals surface area contributed by atoms with E-state index in [0.717, 1.165) is 23.8 Å². The third kappa shape index (κ3) is 4.47. The summed E-state index contributed by atoms with van der Waals surface area (Å²) in [5.74, 6) is -2.73. The Hall–Kier alpha value is -3.75. The molecule has 2 saturated heterocycles. The molecule has 1 aliphatic carbocycles. The van der Waals surface area contributed by atoms with E-state index in [1.165, 1.54) is 0 Å². The first kappa shape index (κ1) is 24.9. The molecular weight excluding hydrogens is 474 g/mol. The number of carbonyl (C=O) groups excluding carboxylic acids is 3. The molecule has 4 atom stereocenters. The molecule has 37 heavy (non-hydrogen) atoms. The van der Waals surface area contributed by atoms with E-state index in [-0.39, 0.29) is 37.4 Å². The minimum Gasteiger partial charge on any atom is -0.507 e. The summed E-state index contributed by atoms with van der Waals surface area (Å²) >= 11 is 0. The molecule has 192 valence electrons. The van der Waals surface area contributed by atoms with Gasteiger partial charge in [0.05, 0.1) is 38.3 Å². The Labute approximate surface area is 214 Å². The van der Waals surface area contributed by atoms with Crippen molar-refractivity contribution in [3.05, 3.63) is 76.9 Å².